The number of carbonyl (C=O) groups excluding carboxylic acids is 1. The molecule has 6 nitrogen and oxygen atoms in total. The lowest BCUT2D eigenvalue weighted by Crippen LogP contribution is -2.39. The molecule has 1 unspecified atom stereocenters. The van der Waals surface area contributed by atoms with Gasteiger partial charge in [-0.1, -0.05) is 0 Å². The first kappa shape index (κ1) is 12.4. The summed E-state index contributed by atoms with van der Waals surface area (Å²) < 4.78 is 0. The number of aliphatic carboxylic acids is 2. The molecule has 0 aliphatic rings. The second kappa shape index (κ2) is 5.95. The van der Waals surface area contributed by atoms with Crippen LogP contribution >= 0.6 is 0 Å². The molecule has 0 radical (unpaired) electrons. The van der Waals surface area contributed by atoms with Gasteiger partial charge in [0.15, 0.2) is 0 Å². The average molecular weight is 203 g/mol. The molecule has 0 aromatic rings. The first-order chi connectivity index (χ1) is 6.43. The summed E-state index contributed by atoms with van der Waals surface area (Å²) in [5.41, 5.74) is 0. The second-order valence-corrected chi connectivity index (χ2v) is 2.88. The highest BCUT2D eigenvalue weighted by Crippen LogP contribution is 2.01. The van der Waals surface area contributed by atoms with E-state index in [1.165, 1.54) is 6.92 Å². The molecular weight excluding hydrogens is 190 g/mol. The maximum Gasteiger partial charge on any atom is 0.326 e. The molecule has 1 atom stereocenters. The molecule has 0 aromatic carbocycles. The molecule has 0 heterocycles. The van der Waals surface area contributed by atoms with E-state index in [9.17, 15) is 14.4 Å². The largest absolute Gasteiger partial charge is 0.481 e. The van der Waals surface area contributed by atoms with Gasteiger partial charge in [-0.15, -0.1) is 0 Å². The normalized spacial score (nSPS) is 11.8. The number of hydrogen-bond acceptors (Lipinski definition) is 3. The zero-order valence-electron chi connectivity index (χ0n) is 7.82. The van der Waals surface area contributed by atoms with E-state index in [0.29, 0.717) is 0 Å². The van der Waals surface area contributed by atoms with E-state index < -0.39 is 23.9 Å². The van der Waals surface area contributed by atoms with Crippen LogP contribution in [0.3, 0.4) is 0 Å². The monoisotopic (exact) mass is 203 g/mol. The number of amides is 1. The van der Waals surface area contributed by atoms with Crippen LogP contribution in [0.4, 0.5) is 0 Å². The summed E-state index contributed by atoms with van der Waals surface area (Å²) in [4.78, 5) is 31.3. The van der Waals surface area contributed by atoms with Gasteiger partial charge in [-0.05, 0) is 12.8 Å². The number of carboxylic acid groups (broad SMARTS) is 2. The van der Waals surface area contributed by atoms with Crippen molar-refractivity contribution in [3.63, 3.8) is 0 Å². The Bertz CT molecular complexity index is 238. The molecule has 0 aromatic heterocycles. The Hall–Kier alpha value is -1.59. The van der Waals surface area contributed by atoms with Crippen molar-refractivity contribution in [3.05, 3.63) is 0 Å². The van der Waals surface area contributed by atoms with Crippen molar-refractivity contribution in [2.75, 3.05) is 0 Å². The lowest BCUT2D eigenvalue weighted by Gasteiger charge is -2.11. The van der Waals surface area contributed by atoms with Crippen molar-refractivity contribution < 1.29 is 24.6 Å². The van der Waals surface area contributed by atoms with E-state index in [2.05, 4.69) is 5.32 Å². The van der Waals surface area contributed by atoms with Gasteiger partial charge in [0, 0.05) is 13.3 Å². The molecule has 0 bridgehead atoms. The zero-order chi connectivity index (χ0) is 11.1. The first-order valence-corrected chi connectivity index (χ1v) is 4.15. The van der Waals surface area contributed by atoms with Gasteiger partial charge < -0.3 is 15.5 Å². The molecule has 1 amide bonds. The molecule has 0 spiro atoms. The van der Waals surface area contributed by atoms with Gasteiger partial charge >= 0.3 is 11.9 Å². The van der Waals surface area contributed by atoms with E-state index in [-0.39, 0.29) is 19.3 Å². The molecule has 14 heavy (non-hydrogen) atoms. The Kier molecular flexibility index (Phi) is 5.28. The molecule has 80 valence electrons. The minimum atomic E-state index is -1.15. The minimum Gasteiger partial charge on any atom is -0.481 e. The minimum absolute atomic E-state index is 0.0939. The molecule has 0 rings (SSSR count). The Balaban J connectivity index is 3.91. The van der Waals surface area contributed by atoms with Gasteiger partial charge in [0.05, 0.1) is 0 Å². The fourth-order valence-electron chi connectivity index (χ4n) is 0.960. The van der Waals surface area contributed by atoms with Gasteiger partial charge in [-0.3, -0.25) is 9.59 Å². The average Bonchev–Trinajstić information content (AvgIpc) is 2.00. The van der Waals surface area contributed by atoms with Gasteiger partial charge in [-0.25, -0.2) is 4.79 Å². The van der Waals surface area contributed by atoms with Crippen LogP contribution in [0.1, 0.15) is 26.2 Å². The molecule has 0 saturated heterocycles. The summed E-state index contributed by atoms with van der Waals surface area (Å²) in [6, 6.07) is -0.994. The van der Waals surface area contributed by atoms with Crippen LogP contribution in [-0.2, 0) is 14.4 Å². The Morgan fingerprint density at radius 1 is 1.29 bits per heavy atom. The van der Waals surface area contributed by atoms with Crippen LogP contribution in [-0.4, -0.2) is 34.1 Å². The van der Waals surface area contributed by atoms with Gasteiger partial charge in [0.1, 0.15) is 6.04 Å². The van der Waals surface area contributed by atoms with E-state index in [4.69, 9.17) is 10.2 Å². The standard InChI is InChI=1S/C8H13NO5/c1-5(10)9-6(8(13)14)3-2-4-7(11)12/h6H,2-4H2,1H3,(H,9,10)(H,11,12)(H,13,14). The number of hydrogen-bond donors (Lipinski definition) is 3. The summed E-state index contributed by atoms with van der Waals surface area (Å²) in [7, 11) is 0. The third kappa shape index (κ3) is 5.99. The molecule has 3 N–H and O–H groups in total. The van der Waals surface area contributed by atoms with Crippen molar-refractivity contribution in [1.29, 1.82) is 0 Å². The fourth-order valence-corrected chi connectivity index (χ4v) is 0.960. The van der Waals surface area contributed by atoms with Crippen LogP contribution in [0, 0.1) is 0 Å². The maximum absolute atomic E-state index is 10.6. The second-order valence-electron chi connectivity index (χ2n) is 2.88. The topological polar surface area (TPSA) is 104 Å². The van der Waals surface area contributed by atoms with Crippen molar-refractivity contribution in [2.24, 2.45) is 0 Å². The Labute approximate surface area is 80.9 Å². The SMILES string of the molecule is CC(=O)NC(CCCC(=O)O)C(=O)O. The van der Waals surface area contributed by atoms with E-state index in [1.54, 1.807) is 0 Å². The van der Waals surface area contributed by atoms with Crippen LogP contribution in [0.25, 0.3) is 0 Å². The van der Waals surface area contributed by atoms with Crippen molar-refractivity contribution >= 4 is 17.8 Å². The van der Waals surface area contributed by atoms with Crippen LogP contribution in [0.5, 0.6) is 0 Å². The Morgan fingerprint density at radius 2 is 1.86 bits per heavy atom. The third-order valence-electron chi connectivity index (χ3n) is 1.56. The van der Waals surface area contributed by atoms with E-state index in [1.807, 2.05) is 0 Å². The van der Waals surface area contributed by atoms with Crippen molar-refractivity contribution in [3.8, 4) is 0 Å². The van der Waals surface area contributed by atoms with Gasteiger partial charge in [0.2, 0.25) is 5.91 Å². The summed E-state index contributed by atoms with van der Waals surface area (Å²) in [6.07, 6.45) is 0.261. The maximum atomic E-state index is 10.6. The first-order valence-electron chi connectivity index (χ1n) is 4.15. The highest BCUT2D eigenvalue weighted by Gasteiger charge is 2.17. The third-order valence-corrected chi connectivity index (χ3v) is 1.56. The molecular formula is C8H13NO5. The number of carboxylic acids is 2. The lowest BCUT2D eigenvalue weighted by molar-refractivity contribution is -0.142. The smallest absolute Gasteiger partial charge is 0.326 e. The molecule has 6 heteroatoms. The molecule has 0 fully saturated rings. The highest BCUT2D eigenvalue weighted by molar-refractivity contribution is 5.82. The Morgan fingerprint density at radius 3 is 2.21 bits per heavy atom. The van der Waals surface area contributed by atoms with Crippen molar-refractivity contribution in [2.45, 2.75) is 32.2 Å². The predicted octanol–water partition coefficient (Wildman–Crippen LogP) is -0.169. The number of nitrogens with one attached hydrogen (secondary N) is 1. The fraction of sp³-hybridized carbons (Fsp3) is 0.625. The summed E-state index contributed by atoms with van der Waals surface area (Å²) in [5.74, 6) is -2.56. The number of carbonyl (C=O) groups is 3. The molecule has 0 saturated carbocycles. The summed E-state index contributed by atoms with van der Waals surface area (Å²) in [6.45, 7) is 1.22. The lowest BCUT2D eigenvalue weighted by atomic mass is 10.1. The quantitative estimate of drug-likeness (QED) is 0.556. The van der Waals surface area contributed by atoms with Crippen LogP contribution < -0.4 is 5.32 Å². The number of rotatable bonds is 6. The highest BCUT2D eigenvalue weighted by atomic mass is 16.4. The zero-order valence-corrected chi connectivity index (χ0v) is 7.82. The van der Waals surface area contributed by atoms with E-state index >= 15 is 0 Å². The van der Waals surface area contributed by atoms with Crippen LogP contribution in [0.2, 0.25) is 0 Å². The van der Waals surface area contributed by atoms with Gasteiger partial charge in [-0.2, -0.15) is 0 Å². The predicted molar refractivity (Wildman–Crippen MR) is 46.7 cm³/mol. The summed E-state index contributed by atoms with van der Waals surface area (Å²) in [5, 5.41) is 19.2. The molecule has 0 aliphatic carbocycles. The van der Waals surface area contributed by atoms with Crippen molar-refractivity contribution in [1.82, 2.24) is 5.32 Å². The van der Waals surface area contributed by atoms with Gasteiger partial charge in [0.25, 0.3) is 0 Å². The van der Waals surface area contributed by atoms with E-state index in [0.717, 1.165) is 0 Å². The molecule has 0 aliphatic heterocycles. The van der Waals surface area contributed by atoms with Crippen LogP contribution in [0.15, 0.2) is 0 Å². The summed E-state index contributed by atoms with van der Waals surface area (Å²) >= 11 is 0.